The third-order valence-corrected chi connectivity index (χ3v) is 5.95. The van der Waals surface area contributed by atoms with E-state index in [9.17, 15) is 4.79 Å². The molecule has 0 fully saturated rings. The first kappa shape index (κ1) is 15.5. The van der Waals surface area contributed by atoms with Crippen LogP contribution in [-0.4, -0.2) is 20.9 Å². The number of aryl methyl sites for hydroxylation is 2. The van der Waals surface area contributed by atoms with Crippen LogP contribution in [-0.2, 0) is 18.3 Å². The largest absolute Gasteiger partial charge is 0.296 e. The van der Waals surface area contributed by atoms with Gasteiger partial charge in [0.15, 0.2) is 6.29 Å². The van der Waals surface area contributed by atoms with Crippen molar-refractivity contribution in [3.8, 4) is 11.3 Å². The van der Waals surface area contributed by atoms with Crippen molar-refractivity contribution in [3.63, 3.8) is 0 Å². The van der Waals surface area contributed by atoms with Crippen LogP contribution in [0, 0.1) is 0 Å². The van der Waals surface area contributed by atoms with E-state index in [1.165, 1.54) is 24.0 Å². The van der Waals surface area contributed by atoms with Gasteiger partial charge in [0, 0.05) is 11.0 Å². The number of benzene rings is 1. The summed E-state index contributed by atoms with van der Waals surface area (Å²) in [4.78, 5) is 17.2. The van der Waals surface area contributed by atoms with Crippen molar-refractivity contribution in [1.29, 1.82) is 0 Å². The van der Waals surface area contributed by atoms with Crippen molar-refractivity contribution < 1.29 is 4.79 Å². The van der Waals surface area contributed by atoms with Gasteiger partial charge in [0.1, 0.15) is 16.4 Å². The summed E-state index contributed by atoms with van der Waals surface area (Å²) < 4.78 is 1.70. The van der Waals surface area contributed by atoms with Crippen LogP contribution in [0.15, 0.2) is 18.2 Å². The van der Waals surface area contributed by atoms with Crippen LogP contribution in [0.25, 0.3) is 16.2 Å². The number of fused-ring (bicyclic) bond motifs is 2. The van der Waals surface area contributed by atoms with Gasteiger partial charge in [-0.2, -0.15) is 9.61 Å². The maximum atomic E-state index is 11.7. The molecule has 0 unspecified atom stereocenters. The predicted molar refractivity (Wildman–Crippen MR) is 97.0 cm³/mol. The van der Waals surface area contributed by atoms with Crippen molar-refractivity contribution in [1.82, 2.24) is 14.6 Å². The molecule has 3 aromatic rings. The fourth-order valence-electron chi connectivity index (χ4n) is 3.27. The van der Waals surface area contributed by atoms with E-state index in [2.05, 4.69) is 44.1 Å². The van der Waals surface area contributed by atoms with E-state index in [0.29, 0.717) is 5.69 Å². The summed E-state index contributed by atoms with van der Waals surface area (Å²) in [5.41, 5.74) is 5.11. The van der Waals surface area contributed by atoms with Crippen molar-refractivity contribution in [2.45, 2.75) is 51.9 Å². The Kier molecular flexibility index (Phi) is 3.57. The highest BCUT2D eigenvalue weighted by molar-refractivity contribution is 7.16. The van der Waals surface area contributed by atoms with Crippen molar-refractivity contribution in [2.75, 3.05) is 0 Å². The summed E-state index contributed by atoms with van der Waals surface area (Å²) in [5.74, 6) is 0. The zero-order valence-electron chi connectivity index (χ0n) is 14.3. The molecule has 0 N–H and O–H groups in total. The maximum Gasteiger partial charge on any atom is 0.213 e. The van der Waals surface area contributed by atoms with Gasteiger partial charge in [-0.15, -0.1) is 0 Å². The highest BCUT2D eigenvalue weighted by atomic mass is 32.1. The highest BCUT2D eigenvalue weighted by Gasteiger charge is 2.24. The molecule has 2 aromatic heterocycles. The lowest BCUT2D eigenvalue weighted by atomic mass is 9.90. The Hall–Kier alpha value is -2.01. The number of aldehydes is 1. The van der Waals surface area contributed by atoms with E-state index in [1.807, 2.05) is 0 Å². The zero-order chi connectivity index (χ0) is 16.9. The first-order valence-electron chi connectivity index (χ1n) is 8.45. The van der Waals surface area contributed by atoms with Gasteiger partial charge in [-0.25, -0.2) is 4.98 Å². The molecule has 0 aliphatic heterocycles. The Morgan fingerprint density at radius 2 is 1.92 bits per heavy atom. The van der Waals surface area contributed by atoms with Gasteiger partial charge in [0.05, 0.1) is 0 Å². The second-order valence-corrected chi connectivity index (χ2v) is 8.46. The van der Waals surface area contributed by atoms with Crippen molar-refractivity contribution in [2.24, 2.45) is 0 Å². The lowest BCUT2D eigenvalue weighted by molar-refractivity contribution is 0.111. The molecule has 0 saturated carbocycles. The molecule has 1 aliphatic carbocycles. The summed E-state index contributed by atoms with van der Waals surface area (Å²) in [5, 5.41) is 5.62. The minimum atomic E-state index is -0.0441. The quantitative estimate of drug-likeness (QED) is 0.648. The number of aromatic nitrogens is 3. The normalized spacial score (nSPS) is 14.8. The Balaban J connectivity index is 1.85. The molecule has 0 amide bonds. The Labute approximate surface area is 145 Å². The molecule has 4 rings (SSSR count). The van der Waals surface area contributed by atoms with Gasteiger partial charge < -0.3 is 0 Å². The predicted octanol–water partition coefficient (Wildman–Crippen LogP) is 4.45. The number of rotatable bonds is 2. The molecule has 0 bridgehead atoms. The van der Waals surface area contributed by atoms with Crippen LogP contribution in [0.4, 0.5) is 0 Å². The SMILES string of the molecule is CC(C)(C)c1nn2c(C=O)c(-c3ccc4c(c3)CCCC4)nc2s1. The summed E-state index contributed by atoms with van der Waals surface area (Å²) in [6.45, 7) is 6.36. The summed E-state index contributed by atoms with van der Waals surface area (Å²) in [6, 6.07) is 6.49. The zero-order valence-corrected chi connectivity index (χ0v) is 15.1. The summed E-state index contributed by atoms with van der Waals surface area (Å²) in [7, 11) is 0. The third kappa shape index (κ3) is 2.47. The first-order chi connectivity index (χ1) is 11.5. The maximum absolute atomic E-state index is 11.7. The average molecular weight is 339 g/mol. The van der Waals surface area contributed by atoms with Crippen LogP contribution >= 0.6 is 11.3 Å². The topological polar surface area (TPSA) is 47.3 Å². The second-order valence-electron chi connectivity index (χ2n) is 7.51. The average Bonchev–Trinajstić information content (AvgIpc) is 3.11. The highest BCUT2D eigenvalue weighted by Crippen LogP contribution is 2.32. The molecule has 5 heteroatoms. The van der Waals surface area contributed by atoms with E-state index in [0.717, 1.165) is 40.4 Å². The standard InChI is InChI=1S/C19H21N3OS/c1-19(2,3)17-21-22-15(11-23)16(20-18(22)24-17)14-9-8-12-6-4-5-7-13(12)10-14/h8-11H,4-7H2,1-3H3. The van der Waals surface area contributed by atoms with Crippen LogP contribution < -0.4 is 0 Å². The van der Waals surface area contributed by atoms with Crippen molar-refractivity contribution in [3.05, 3.63) is 40.0 Å². The fraction of sp³-hybridized carbons (Fsp3) is 0.421. The van der Waals surface area contributed by atoms with Gasteiger partial charge in [0.25, 0.3) is 0 Å². The van der Waals surface area contributed by atoms with E-state index in [-0.39, 0.29) is 5.41 Å². The molecule has 0 saturated heterocycles. The van der Waals surface area contributed by atoms with Gasteiger partial charge in [-0.1, -0.05) is 44.2 Å². The molecule has 24 heavy (non-hydrogen) atoms. The minimum Gasteiger partial charge on any atom is -0.296 e. The molecule has 0 spiro atoms. The number of hydrogen-bond acceptors (Lipinski definition) is 4. The van der Waals surface area contributed by atoms with Crippen LogP contribution in [0.1, 0.15) is 60.2 Å². The van der Waals surface area contributed by atoms with Crippen LogP contribution in [0.5, 0.6) is 0 Å². The molecule has 4 nitrogen and oxygen atoms in total. The molecular formula is C19H21N3OS. The third-order valence-electron chi connectivity index (χ3n) is 4.61. The Bertz CT molecular complexity index is 930. The molecule has 124 valence electrons. The number of imidazole rings is 1. The first-order valence-corrected chi connectivity index (χ1v) is 9.26. The lowest BCUT2D eigenvalue weighted by Crippen LogP contribution is -2.11. The molecular weight excluding hydrogens is 318 g/mol. The van der Waals surface area contributed by atoms with E-state index < -0.39 is 0 Å². The van der Waals surface area contributed by atoms with Crippen LogP contribution in [0.3, 0.4) is 0 Å². The fourth-order valence-corrected chi connectivity index (χ4v) is 4.23. The van der Waals surface area contributed by atoms with E-state index in [1.54, 1.807) is 15.9 Å². The minimum absolute atomic E-state index is 0.0441. The number of hydrogen-bond donors (Lipinski definition) is 0. The van der Waals surface area contributed by atoms with E-state index >= 15 is 0 Å². The smallest absolute Gasteiger partial charge is 0.213 e. The number of carbonyl (C=O) groups is 1. The van der Waals surface area contributed by atoms with Crippen LogP contribution in [0.2, 0.25) is 0 Å². The van der Waals surface area contributed by atoms with Gasteiger partial charge in [0.2, 0.25) is 4.96 Å². The van der Waals surface area contributed by atoms with Gasteiger partial charge >= 0.3 is 0 Å². The van der Waals surface area contributed by atoms with Crippen molar-refractivity contribution >= 4 is 22.6 Å². The molecule has 1 aliphatic rings. The lowest BCUT2D eigenvalue weighted by Gasteiger charge is -2.16. The molecule has 1 aromatic carbocycles. The van der Waals surface area contributed by atoms with Gasteiger partial charge in [-0.3, -0.25) is 4.79 Å². The summed E-state index contributed by atoms with van der Waals surface area (Å²) in [6.07, 6.45) is 5.66. The molecule has 0 radical (unpaired) electrons. The van der Waals surface area contributed by atoms with Gasteiger partial charge in [-0.05, 0) is 42.9 Å². The Morgan fingerprint density at radius 3 is 2.62 bits per heavy atom. The number of nitrogens with zero attached hydrogens (tertiary/aromatic N) is 3. The molecule has 0 atom stereocenters. The summed E-state index contributed by atoms with van der Waals surface area (Å²) >= 11 is 1.56. The molecule has 2 heterocycles. The Morgan fingerprint density at radius 1 is 1.17 bits per heavy atom. The number of carbonyl (C=O) groups excluding carboxylic acids is 1. The van der Waals surface area contributed by atoms with E-state index in [4.69, 9.17) is 4.98 Å². The second kappa shape index (κ2) is 5.52. The monoisotopic (exact) mass is 339 g/mol.